The molecule has 0 heterocycles. The summed E-state index contributed by atoms with van der Waals surface area (Å²) in [5, 5.41) is 22.1. The second kappa shape index (κ2) is 13.2. The third-order valence-corrected chi connectivity index (χ3v) is 8.06. The number of benzene rings is 1. The molecule has 0 amide bonds. The summed E-state index contributed by atoms with van der Waals surface area (Å²) in [7, 11) is -4.25. The van der Waals surface area contributed by atoms with Crippen molar-refractivity contribution in [2.24, 2.45) is 17.8 Å². The third kappa shape index (κ3) is 8.55. The minimum absolute atomic E-state index is 0.00160. The SMILES string of the molecule is CCCCCC(CCC1C2Cc3cccc(OCC(=O)O)c3CC2C[C@H]1O)OCCNP(=O)(O)O. The van der Waals surface area contributed by atoms with E-state index < -0.39 is 13.7 Å². The number of hydrogen-bond donors (Lipinski definition) is 5. The number of aliphatic hydroxyl groups excluding tert-OH is 1. The molecule has 0 saturated heterocycles. The summed E-state index contributed by atoms with van der Waals surface area (Å²) in [4.78, 5) is 28.9. The second-order valence-corrected chi connectivity index (χ2v) is 11.3. The Bertz CT molecular complexity index is 875. The van der Waals surface area contributed by atoms with Crippen molar-refractivity contribution in [1.29, 1.82) is 0 Å². The lowest BCUT2D eigenvalue weighted by molar-refractivity contribution is -0.139. The molecular weight excluding hydrogens is 473 g/mol. The van der Waals surface area contributed by atoms with Gasteiger partial charge in [-0.15, -0.1) is 0 Å². The summed E-state index contributed by atoms with van der Waals surface area (Å²) in [6.07, 6.45) is 7.79. The van der Waals surface area contributed by atoms with E-state index in [1.807, 2.05) is 12.1 Å². The Balaban J connectivity index is 1.59. The summed E-state index contributed by atoms with van der Waals surface area (Å²) >= 11 is 0. The molecule has 2 aliphatic carbocycles. The maximum atomic E-state index is 11.0. The fraction of sp³-hybridized carbons (Fsp3) is 0.720. The van der Waals surface area contributed by atoms with Crippen LogP contribution in [0.25, 0.3) is 0 Å². The van der Waals surface area contributed by atoms with Crippen molar-refractivity contribution in [3.05, 3.63) is 29.3 Å². The highest BCUT2D eigenvalue weighted by Crippen LogP contribution is 2.48. The molecule has 0 spiro atoms. The van der Waals surface area contributed by atoms with Gasteiger partial charge in [-0.1, -0.05) is 38.3 Å². The molecule has 1 fully saturated rings. The van der Waals surface area contributed by atoms with E-state index in [1.54, 1.807) is 0 Å². The number of nitrogens with one attached hydrogen (secondary N) is 1. The normalized spacial score (nSPS) is 24.6. The number of unbranched alkanes of at least 4 members (excludes halogenated alkanes) is 2. The first-order valence-corrected chi connectivity index (χ1v) is 14.3. The van der Waals surface area contributed by atoms with E-state index in [9.17, 15) is 14.5 Å². The van der Waals surface area contributed by atoms with Crippen molar-refractivity contribution in [1.82, 2.24) is 5.09 Å². The standard InChI is InChI=1S/C25H40NO8P/c1-2-3-4-7-19(33-12-11-26-35(30,31)32)9-10-20-21-13-17-6-5-8-24(34-16-25(28)29)22(17)14-18(21)15-23(20)27/h5-6,8,18-21,23,27H,2-4,7,9-16H2,1H3,(H,28,29)(H3,26,30,31,32)/t18?,19?,20?,21?,23-/m1/s1. The van der Waals surface area contributed by atoms with Gasteiger partial charge >= 0.3 is 13.7 Å². The lowest BCUT2D eigenvalue weighted by atomic mass is 9.73. The lowest BCUT2D eigenvalue weighted by Gasteiger charge is -2.33. The minimum Gasteiger partial charge on any atom is -0.482 e. The highest BCUT2D eigenvalue weighted by Gasteiger charge is 2.45. The number of rotatable bonds is 15. The van der Waals surface area contributed by atoms with Crippen molar-refractivity contribution in [2.75, 3.05) is 19.8 Å². The molecular formula is C25H40NO8P. The van der Waals surface area contributed by atoms with Crippen LogP contribution in [0.3, 0.4) is 0 Å². The van der Waals surface area contributed by atoms with Crippen molar-refractivity contribution in [3.63, 3.8) is 0 Å². The van der Waals surface area contributed by atoms with E-state index >= 15 is 0 Å². The summed E-state index contributed by atoms with van der Waals surface area (Å²) in [5.74, 6) is 0.501. The highest BCUT2D eigenvalue weighted by molar-refractivity contribution is 7.49. The average molecular weight is 514 g/mol. The van der Waals surface area contributed by atoms with Gasteiger partial charge in [-0.2, -0.15) is 0 Å². The largest absolute Gasteiger partial charge is 0.482 e. The molecule has 5 atom stereocenters. The van der Waals surface area contributed by atoms with Gasteiger partial charge < -0.3 is 29.5 Å². The zero-order chi connectivity index (χ0) is 25.4. The Labute approximate surface area is 207 Å². The summed E-state index contributed by atoms with van der Waals surface area (Å²) in [6, 6.07) is 5.80. The van der Waals surface area contributed by atoms with Crippen LogP contribution in [0.1, 0.15) is 63.0 Å². The van der Waals surface area contributed by atoms with Gasteiger partial charge in [0.25, 0.3) is 0 Å². The Morgan fingerprint density at radius 1 is 1.23 bits per heavy atom. The molecule has 9 nitrogen and oxygen atoms in total. The fourth-order valence-corrected chi connectivity index (χ4v) is 6.19. The van der Waals surface area contributed by atoms with Gasteiger partial charge in [-0.05, 0) is 73.5 Å². The van der Waals surface area contributed by atoms with Gasteiger partial charge in [0, 0.05) is 6.54 Å². The van der Waals surface area contributed by atoms with Crippen molar-refractivity contribution in [3.8, 4) is 5.75 Å². The maximum absolute atomic E-state index is 11.0. The first-order chi connectivity index (χ1) is 16.7. The van der Waals surface area contributed by atoms with Gasteiger partial charge in [0.2, 0.25) is 0 Å². The Kier molecular flexibility index (Phi) is 10.6. The smallest absolute Gasteiger partial charge is 0.400 e. The summed E-state index contributed by atoms with van der Waals surface area (Å²) in [6.45, 7) is 2.11. The number of ether oxygens (including phenoxy) is 2. The maximum Gasteiger partial charge on any atom is 0.400 e. The van der Waals surface area contributed by atoms with Gasteiger partial charge in [0.05, 0.1) is 18.8 Å². The Morgan fingerprint density at radius 3 is 2.74 bits per heavy atom. The summed E-state index contributed by atoms with van der Waals surface area (Å²) < 4.78 is 22.5. The Hall–Kier alpha value is -1.48. The third-order valence-electron chi connectivity index (χ3n) is 7.42. The van der Waals surface area contributed by atoms with Gasteiger partial charge in [-0.25, -0.2) is 14.4 Å². The van der Waals surface area contributed by atoms with Crippen LogP contribution in [0.4, 0.5) is 0 Å². The molecule has 0 aromatic heterocycles. The van der Waals surface area contributed by atoms with Crippen LogP contribution in [0.2, 0.25) is 0 Å². The number of carboxylic acids is 1. The van der Waals surface area contributed by atoms with Crippen LogP contribution < -0.4 is 9.82 Å². The molecule has 4 unspecified atom stereocenters. The first-order valence-electron chi connectivity index (χ1n) is 12.7. The molecule has 1 aromatic carbocycles. The molecule has 10 heteroatoms. The van der Waals surface area contributed by atoms with Crippen LogP contribution >= 0.6 is 7.75 Å². The number of hydrogen-bond acceptors (Lipinski definition) is 5. The summed E-state index contributed by atoms with van der Waals surface area (Å²) in [5.41, 5.74) is 2.24. The topological polar surface area (TPSA) is 146 Å². The number of aliphatic hydroxyl groups is 1. The molecule has 0 radical (unpaired) electrons. The van der Waals surface area contributed by atoms with Gasteiger partial charge in [-0.3, -0.25) is 0 Å². The zero-order valence-electron chi connectivity index (χ0n) is 20.5. The first kappa shape index (κ1) is 28.1. The number of aliphatic carboxylic acids is 1. The van der Waals surface area contributed by atoms with Crippen LogP contribution in [0, 0.1) is 17.8 Å². The van der Waals surface area contributed by atoms with Gasteiger partial charge in [0.15, 0.2) is 6.61 Å². The predicted octanol–water partition coefficient (Wildman–Crippen LogP) is 3.29. The van der Waals surface area contributed by atoms with Crippen LogP contribution in [0.5, 0.6) is 5.75 Å². The fourth-order valence-electron chi connectivity index (χ4n) is 5.81. The molecule has 1 aromatic rings. The second-order valence-electron chi connectivity index (χ2n) is 9.89. The average Bonchev–Trinajstić information content (AvgIpc) is 3.10. The monoisotopic (exact) mass is 513 g/mol. The molecule has 0 aliphatic heterocycles. The van der Waals surface area contributed by atoms with E-state index in [4.69, 9.17) is 24.4 Å². The van der Waals surface area contributed by atoms with Crippen LogP contribution in [-0.2, 0) is 26.9 Å². The van der Waals surface area contributed by atoms with E-state index in [2.05, 4.69) is 18.1 Å². The zero-order valence-corrected chi connectivity index (χ0v) is 21.4. The van der Waals surface area contributed by atoms with E-state index in [0.717, 1.165) is 63.4 Å². The molecule has 35 heavy (non-hydrogen) atoms. The van der Waals surface area contributed by atoms with Gasteiger partial charge in [0.1, 0.15) is 5.75 Å². The quantitative estimate of drug-likeness (QED) is 0.176. The van der Waals surface area contributed by atoms with Crippen LogP contribution in [0.15, 0.2) is 18.2 Å². The minimum atomic E-state index is -4.25. The van der Waals surface area contributed by atoms with Crippen molar-refractivity contribution >= 4 is 13.7 Å². The molecule has 3 rings (SSSR count). The molecule has 198 valence electrons. The number of carboxylic acid groups (broad SMARTS) is 1. The molecule has 2 aliphatic rings. The molecule has 5 N–H and O–H groups in total. The molecule has 1 saturated carbocycles. The van der Waals surface area contributed by atoms with E-state index in [1.165, 1.54) is 5.56 Å². The van der Waals surface area contributed by atoms with Crippen molar-refractivity contribution in [2.45, 2.75) is 76.9 Å². The number of carbonyl (C=O) groups is 1. The lowest BCUT2D eigenvalue weighted by Crippen LogP contribution is -2.29. The van der Waals surface area contributed by atoms with E-state index in [0.29, 0.717) is 17.6 Å². The van der Waals surface area contributed by atoms with Crippen molar-refractivity contribution < 1.29 is 38.8 Å². The highest BCUT2D eigenvalue weighted by atomic mass is 31.2. The number of fused-ring (bicyclic) bond motifs is 2. The van der Waals surface area contributed by atoms with E-state index in [-0.39, 0.29) is 37.9 Å². The molecule has 0 bridgehead atoms. The Morgan fingerprint density at radius 2 is 2.03 bits per heavy atom. The van der Waals surface area contributed by atoms with Crippen LogP contribution in [-0.4, -0.2) is 57.9 Å². The predicted molar refractivity (Wildman–Crippen MR) is 131 cm³/mol.